The van der Waals surface area contributed by atoms with Gasteiger partial charge in [-0.15, -0.1) is 0 Å². The molecule has 10 nitrogen and oxygen atoms in total. The minimum Gasteiger partial charge on any atom is -0.507 e. The van der Waals surface area contributed by atoms with E-state index in [1.165, 1.54) is 6.07 Å². The number of aromatic nitrogens is 3. The molecule has 1 aliphatic rings. The number of nitrogens with one attached hydrogen (secondary N) is 2. The molecule has 0 bridgehead atoms. The van der Waals surface area contributed by atoms with Gasteiger partial charge in [0.1, 0.15) is 16.4 Å². The summed E-state index contributed by atoms with van der Waals surface area (Å²) in [4.78, 5) is 24.9. The topological polar surface area (TPSA) is 143 Å². The van der Waals surface area contributed by atoms with Crippen LogP contribution in [0.25, 0.3) is 5.69 Å². The molecule has 1 saturated heterocycles. The third-order valence-corrected chi connectivity index (χ3v) is 8.08. The Kier molecular flexibility index (Phi) is 7.11. The molecule has 0 aliphatic carbocycles. The zero-order valence-corrected chi connectivity index (χ0v) is 20.3. The number of thioether (sulfide) groups is 1. The van der Waals surface area contributed by atoms with E-state index in [-0.39, 0.29) is 33.3 Å². The zero-order valence-electron chi connectivity index (χ0n) is 17.2. The number of hydrogen-bond donors (Lipinski definition) is 3. The maximum Gasteiger partial charge on any atom is 0.349 e. The molecule has 0 unspecified atom stereocenters. The van der Waals surface area contributed by atoms with Crippen molar-refractivity contribution < 1.29 is 27.0 Å². The van der Waals surface area contributed by atoms with E-state index < -0.39 is 44.0 Å². The SMILES string of the molecule is O=c1[nH]c(=O)n(-c2cc(Cl)c(Oc3ccc(O)c(S(=O)(=O)NC4CSC4)c3)c(Cl)c2)nc1C(F)F. The minimum absolute atomic E-state index is 0.0398. The quantitative estimate of drug-likeness (QED) is 0.396. The van der Waals surface area contributed by atoms with Gasteiger partial charge in [-0.1, -0.05) is 23.2 Å². The number of sulfonamides is 1. The summed E-state index contributed by atoms with van der Waals surface area (Å²) in [6.45, 7) is 0. The molecule has 1 aromatic heterocycles. The molecule has 1 aliphatic heterocycles. The summed E-state index contributed by atoms with van der Waals surface area (Å²) in [6, 6.07) is 5.47. The van der Waals surface area contributed by atoms with E-state index in [0.717, 1.165) is 24.3 Å². The lowest BCUT2D eigenvalue weighted by atomic mass is 10.3. The number of aromatic amines is 1. The Morgan fingerprint density at radius 1 is 1.20 bits per heavy atom. The molecule has 3 aromatic rings. The first-order valence-corrected chi connectivity index (χ1v) is 13.0. The molecule has 35 heavy (non-hydrogen) atoms. The van der Waals surface area contributed by atoms with E-state index in [2.05, 4.69) is 9.82 Å². The molecular formula is C19H14Cl2F2N4O6S2. The maximum absolute atomic E-state index is 13.0. The number of halogens is 4. The third-order valence-electron chi connectivity index (χ3n) is 4.69. The number of nitrogens with zero attached hydrogens (tertiary/aromatic N) is 2. The average molecular weight is 567 g/mol. The van der Waals surface area contributed by atoms with Crippen LogP contribution in [0.4, 0.5) is 8.78 Å². The number of alkyl halides is 2. The molecule has 3 N–H and O–H groups in total. The van der Waals surface area contributed by atoms with Gasteiger partial charge >= 0.3 is 5.69 Å². The second-order valence-corrected chi connectivity index (χ2v) is 10.8. The molecule has 1 fully saturated rings. The van der Waals surface area contributed by atoms with Gasteiger partial charge in [-0.2, -0.15) is 21.5 Å². The van der Waals surface area contributed by atoms with E-state index in [9.17, 15) is 31.9 Å². The first-order chi connectivity index (χ1) is 16.5. The van der Waals surface area contributed by atoms with Crippen LogP contribution < -0.4 is 20.7 Å². The molecule has 4 rings (SSSR count). The van der Waals surface area contributed by atoms with Gasteiger partial charge in [0.15, 0.2) is 11.4 Å². The van der Waals surface area contributed by atoms with Crippen LogP contribution in [0.1, 0.15) is 12.1 Å². The van der Waals surface area contributed by atoms with Gasteiger partial charge < -0.3 is 9.84 Å². The lowest BCUT2D eigenvalue weighted by Crippen LogP contribution is -2.43. The molecule has 0 amide bonds. The Balaban J connectivity index is 1.68. The lowest BCUT2D eigenvalue weighted by Gasteiger charge is -2.25. The fourth-order valence-electron chi connectivity index (χ4n) is 2.97. The largest absolute Gasteiger partial charge is 0.507 e. The summed E-state index contributed by atoms with van der Waals surface area (Å²) in [7, 11) is -4.04. The number of H-pyrrole nitrogens is 1. The predicted molar refractivity (Wildman–Crippen MR) is 125 cm³/mol. The van der Waals surface area contributed by atoms with Gasteiger partial charge in [0.05, 0.1) is 15.7 Å². The van der Waals surface area contributed by atoms with E-state index in [1.807, 2.05) is 0 Å². The number of hydrogen-bond acceptors (Lipinski definition) is 8. The van der Waals surface area contributed by atoms with Gasteiger partial charge in [0.2, 0.25) is 10.0 Å². The van der Waals surface area contributed by atoms with E-state index in [0.29, 0.717) is 16.2 Å². The van der Waals surface area contributed by atoms with Crippen molar-refractivity contribution in [3.05, 3.63) is 66.9 Å². The van der Waals surface area contributed by atoms with E-state index >= 15 is 0 Å². The Morgan fingerprint density at radius 3 is 2.43 bits per heavy atom. The molecular weight excluding hydrogens is 553 g/mol. The van der Waals surface area contributed by atoms with Crippen LogP contribution in [0, 0.1) is 0 Å². The smallest absolute Gasteiger partial charge is 0.349 e. The van der Waals surface area contributed by atoms with Crippen LogP contribution in [-0.4, -0.2) is 45.8 Å². The molecule has 0 spiro atoms. The lowest BCUT2D eigenvalue weighted by molar-refractivity contribution is 0.141. The van der Waals surface area contributed by atoms with Gasteiger partial charge in [-0.05, 0) is 24.3 Å². The summed E-state index contributed by atoms with van der Waals surface area (Å²) in [6.07, 6.45) is -3.24. The molecule has 0 saturated carbocycles. The Hall–Kier alpha value is -2.65. The third kappa shape index (κ3) is 5.30. The normalized spacial score (nSPS) is 14.2. The van der Waals surface area contributed by atoms with Crippen molar-refractivity contribution in [2.24, 2.45) is 0 Å². The van der Waals surface area contributed by atoms with Gasteiger partial charge in [-0.3, -0.25) is 9.78 Å². The second kappa shape index (κ2) is 9.78. The predicted octanol–water partition coefficient (Wildman–Crippen LogP) is 3.06. The maximum atomic E-state index is 13.0. The van der Waals surface area contributed by atoms with Crippen molar-refractivity contribution >= 4 is 45.0 Å². The van der Waals surface area contributed by atoms with Crippen LogP contribution in [-0.2, 0) is 10.0 Å². The van der Waals surface area contributed by atoms with E-state index in [1.54, 1.807) is 16.7 Å². The molecule has 0 radical (unpaired) electrons. The fraction of sp³-hybridized carbons (Fsp3) is 0.211. The number of rotatable bonds is 7. The summed E-state index contributed by atoms with van der Waals surface area (Å²) in [5, 5.41) is 13.1. The molecule has 0 atom stereocenters. The first kappa shape index (κ1) is 25.4. The number of aromatic hydroxyl groups is 1. The van der Waals surface area contributed by atoms with Crippen LogP contribution in [0.5, 0.6) is 17.2 Å². The summed E-state index contributed by atoms with van der Waals surface area (Å²) < 4.78 is 59.9. The highest BCUT2D eigenvalue weighted by molar-refractivity contribution is 8.01. The summed E-state index contributed by atoms with van der Waals surface area (Å²) in [5.74, 6) is 0.533. The highest BCUT2D eigenvalue weighted by atomic mass is 35.5. The van der Waals surface area contributed by atoms with Crippen LogP contribution in [0.2, 0.25) is 10.0 Å². The van der Waals surface area contributed by atoms with Crippen molar-refractivity contribution in [3.8, 4) is 22.9 Å². The highest BCUT2D eigenvalue weighted by Gasteiger charge is 2.28. The first-order valence-electron chi connectivity index (χ1n) is 9.58. The Morgan fingerprint density at radius 2 is 1.86 bits per heavy atom. The van der Waals surface area contributed by atoms with Crippen molar-refractivity contribution in [1.82, 2.24) is 19.5 Å². The van der Waals surface area contributed by atoms with Gasteiger partial charge in [0, 0.05) is 23.6 Å². The van der Waals surface area contributed by atoms with Crippen LogP contribution >= 0.6 is 35.0 Å². The molecule has 2 aromatic carbocycles. The molecule has 16 heteroatoms. The highest BCUT2D eigenvalue weighted by Crippen LogP contribution is 2.39. The van der Waals surface area contributed by atoms with Crippen molar-refractivity contribution in [1.29, 1.82) is 0 Å². The van der Waals surface area contributed by atoms with Crippen LogP contribution in [0.15, 0.2) is 44.8 Å². The molecule has 186 valence electrons. The fourth-order valence-corrected chi connectivity index (χ4v) is 5.72. The molecule has 2 heterocycles. The number of phenols is 1. The van der Waals surface area contributed by atoms with Gasteiger partial charge in [-0.25, -0.2) is 26.7 Å². The number of ether oxygens (including phenoxy) is 1. The second-order valence-electron chi connectivity index (χ2n) is 7.18. The van der Waals surface area contributed by atoms with Crippen LogP contribution in [0.3, 0.4) is 0 Å². The zero-order chi connectivity index (χ0) is 25.5. The summed E-state index contributed by atoms with van der Waals surface area (Å²) >= 11 is 14.0. The van der Waals surface area contributed by atoms with E-state index in [4.69, 9.17) is 27.9 Å². The summed E-state index contributed by atoms with van der Waals surface area (Å²) in [5.41, 5.74) is -3.76. The van der Waals surface area contributed by atoms with Crippen molar-refractivity contribution in [2.45, 2.75) is 17.4 Å². The van der Waals surface area contributed by atoms with Crippen molar-refractivity contribution in [3.63, 3.8) is 0 Å². The number of benzene rings is 2. The average Bonchev–Trinajstić information content (AvgIpc) is 2.74. The Labute approximate surface area is 209 Å². The minimum atomic E-state index is -4.04. The standard InChI is InChI=1S/C19H14Cl2F2N4O6S2/c20-11-3-9(27-19(30)24-18(29)15(25-27)17(22)23)4-12(21)16(11)33-10-1-2-13(28)14(5-10)35(31,32)26-8-6-34-7-8/h1-5,8,17,26,28H,6-7H2,(H,24,29,30). The number of phenolic OH excluding ortho intramolecular Hbond substituents is 1. The van der Waals surface area contributed by atoms with Crippen molar-refractivity contribution in [2.75, 3.05) is 11.5 Å². The monoisotopic (exact) mass is 566 g/mol. The van der Waals surface area contributed by atoms with Gasteiger partial charge in [0.25, 0.3) is 12.0 Å². The Bertz CT molecular complexity index is 1500.